The molecule has 2 aromatic heterocycles. The number of rotatable bonds is 7. The van der Waals surface area contributed by atoms with Crippen LogP contribution in [0, 0.1) is 6.92 Å². The summed E-state index contributed by atoms with van der Waals surface area (Å²) in [4.78, 5) is 30.2. The zero-order valence-electron chi connectivity index (χ0n) is 15.4. The number of carbonyl (C=O) groups excluding carboxylic acids is 2. The lowest BCUT2D eigenvalue weighted by Crippen LogP contribution is -2.38. The lowest BCUT2D eigenvalue weighted by Gasteiger charge is -2.15. The van der Waals surface area contributed by atoms with Gasteiger partial charge in [-0.15, -0.1) is 11.3 Å². The van der Waals surface area contributed by atoms with Gasteiger partial charge in [0.05, 0.1) is 19.4 Å². The van der Waals surface area contributed by atoms with E-state index in [2.05, 4.69) is 15.6 Å². The third kappa shape index (κ3) is 5.11. The number of aryl methyl sites for hydroxylation is 1. The molecule has 0 radical (unpaired) electrons. The number of nitrogens with zero attached hydrogens (tertiary/aromatic N) is 2. The highest BCUT2D eigenvalue weighted by molar-refractivity contribution is 7.14. The molecule has 0 spiro atoms. The number of furan rings is 1. The van der Waals surface area contributed by atoms with Crippen molar-refractivity contribution in [1.29, 1.82) is 0 Å². The summed E-state index contributed by atoms with van der Waals surface area (Å²) in [7, 11) is 1.56. The molecule has 2 heterocycles. The molecule has 1 aromatic carbocycles. The average Bonchev–Trinajstić information content (AvgIpc) is 3.34. The molecule has 7 nitrogen and oxygen atoms in total. The topological polar surface area (TPSA) is 87.5 Å². The van der Waals surface area contributed by atoms with Crippen LogP contribution in [-0.2, 0) is 11.3 Å². The molecule has 0 atom stereocenters. The minimum absolute atomic E-state index is 0.0762. The minimum Gasteiger partial charge on any atom is -0.467 e. The molecule has 0 aliphatic carbocycles. The van der Waals surface area contributed by atoms with E-state index in [1.165, 1.54) is 22.5 Å². The van der Waals surface area contributed by atoms with Crippen molar-refractivity contribution in [3.05, 3.63) is 64.0 Å². The van der Waals surface area contributed by atoms with Gasteiger partial charge in [-0.1, -0.05) is 17.7 Å². The van der Waals surface area contributed by atoms with E-state index in [-0.39, 0.29) is 30.6 Å². The van der Waals surface area contributed by atoms with Crippen molar-refractivity contribution < 1.29 is 14.0 Å². The fourth-order valence-electron chi connectivity index (χ4n) is 2.41. The Morgan fingerprint density at radius 3 is 2.89 bits per heavy atom. The standard InChI is InChI=1S/C19H19ClN4O3S/c1-12-5-6-13(20)8-15(12)22-19-23-16(11-28-19)18(26)24(2)10-17(25)21-9-14-4-3-7-27-14/h3-8,11H,9-10H2,1-2H3,(H,21,25)(H,22,23). The molecule has 0 aliphatic rings. The van der Waals surface area contributed by atoms with Gasteiger partial charge in [0.2, 0.25) is 5.91 Å². The van der Waals surface area contributed by atoms with Crippen LogP contribution in [0.25, 0.3) is 0 Å². The van der Waals surface area contributed by atoms with Crippen LogP contribution in [0.3, 0.4) is 0 Å². The first-order valence-electron chi connectivity index (χ1n) is 8.45. The SMILES string of the molecule is Cc1ccc(Cl)cc1Nc1nc(C(=O)N(C)CC(=O)NCc2ccco2)cs1. The van der Waals surface area contributed by atoms with Crippen molar-refractivity contribution in [3.63, 3.8) is 0 Å². The number of hydrogen-bond donors (Lipinski definition) is 2. The highest BCUT2D eigenvalue weighted by atomic mass is 35.5. The molecular formula is C19H19ClN4O3S. The van der Waals surface area contributed by atoms with Crippen molar-refractivity contribution in [2.75, 3.05) is 18.9 Å². The van der Waals surface area contributed by atoms with Crippen molar-refractivity contribution in [2.24, 2.45) is 0 Å². The molecule has 0 bridgehead atoms. The molecule has 9 heteroatoms. The molecule has 0 fully saturated rings. The van der Waals surface area contributed by atoms with Gasteiger partial charge in [0.1, 0.15) is 11.5 Å². The first-order valence-corrected chi connectivity index (χ1v) is 9.71. The first kappa shape index (κ1) is 19.9. The number of likely N-dealkylation sites (N-methyl/N-ethyl adjacent to an activating group) is 1. The second-order valence-corrected chi connectivity index (χ2v) is 7.43. The van der Waals surface area contributed by atoms with Gasteiger partial charge in [-0.3, -0.25) is 9.59 Å². The maximum Gasteiger partial charge on any atom is 0.273 e. The van der Waals surface area contributed by atoms with Gasteiger partial charge in [0.25, 0.3) is 5.91 Å². The predicted molar refractivity (Wildman–Crippen MR) is 109 cm³/mol. The third-order valence-corrected chi connectivity index (χ3v) is 4.92. The van der Waals surface area contributed by atoms with Crippen molar-refractivity contribution in [1.82, 2.24) is 15.2 Å². The molecule has 0 unspecified atom stereocenters. The highest BCUT2D eigenvalue weighted by Gasteiger charge is 2.18. The third-order valence-electron chi connectivity index (χ3n) is 3.93. The fraction of sp³-hybridized carbons (Fsp3) is 0.211. The van der Waals surface area contributed by atoms with Crippen LogP contribution in [0.5, 0.6) is 0 Å². The second kappa shape index (κ2) is 8.90. The fourth-order valence-corrected chi connectivity index (χ4v) is 3.28. The zero-order chi connectivity index (χ0) is 20.1. The van der Waals surface area contributed by atoms with Crippen LogP contribution in [0.2, 0.25) is 5.02 Å². The molecule has 0 saturated heterocycles. The number of anilines is 2. The summed E-state index contributed by atoms with van der Waals surface area (Å²) in [5.74, 6) is 0.0319. The smallest absolute Gasteiger partial charge is 0.273 e. The van der Waals surface area contributed by atoms with Crippen molar-refractivity contribution in [2.45, 2.75) is 13.5 Å². The quantitative estimate of drug-likeness (QED) is 0.608. The number of halogens is 1. The lowest BCUT2D eigenvalue weighted by molar-refractivity contribution is -0.121. The summed E-state index contributed by atoms with van der Waals surface area (Å²) >= 11 is 7.33. The molecule has 2 N–H and O–H groups in total. The van der Waals surface area contributed by atoms with Crippen LogP contribution in [0.1, 0.15) is 21.8 Å². The van der Waals surface area contributed by atoms with Crippen LogP contribution in [0.4, 0.5) is 10.8 Å². The molecule has 2 amide bonds. The minimum atomic E-state index is -0.333. The normalized spacial score (nSPS) is 10.5. The van der Waals surface area contributed by atoms with Gasteiger partial charge < -0.3 is 20.0 Å². The number of thiazole rings is 1. The number of nitrogens with one attached hydrogen (secondary N) is 2. The Hall–Kier alpha value is -2.84. The highest BCUT2D eigenvalue weighted by Crippen LogP contribution is 2.26. The average molecular weight is 419 g/mol. The summed E-state index contributed by atoms with van der Waals surface area (Å²) in [6.45, 7) is 2.15. The van der Waals surface area contributed by atoms with E-state index in [4.69, 9.17) is 16.0 Å². The molecular weight excluding hydrogens is 400 g/mol. The van der Waals surface area contributed by atoms with E-state index in [0.29, 0.717) is 15.9 Å². The summed E-state index contributed by atoms with van der Waals surface area (Å²) < 4.78 is 5.15. The molecule has 3 aromatic rings. The Balaban J connectivity index is 1.56. The molecule has 0 saturated carbocycles. The molecule has 3 rings (SSSR count). The van der Waals surface area contributed by atoms with Crippen molar-refractivity contribution in [3.8, 4) is 0 Å². The second-order valence-electron chi connectivity index (χ2n) is 6.14. The maximum absolute atomic E-state index is 12.5. The summed E-state index contributed by atoms with van der Waals surface area (Å²) in [5, 5.41) is 8.71. The summed E-state index contributed by atoms with van der Waals surface area (Å²) in [6.07, 6.45) is 1.54. The number of amides is 2. The Morgan fingerprint density at radius 1 is 1.32 bits per heavy atom. The van der Waals surface area contributed by atoms with E-state index < -0.39 is 0 Å². The zero-order valence-corrected chi connectivity index (χ0v) is 16.9. The van der Waals surface area contributed by atoms with Gasteiger partial charge in [0.15, 0.2) is 5.13 Å². The van der Waals surface area contributed by atoms with E-state index in [9.17, 15) is 9.59 Å². The summed E-state index contributed by atoms with van der Waals surface area (Å²) in [6, 6.07) is 9.02. The predicted octanol–water partition coefficient (Wildman–Crippen LogP) is 3.83. The lowest BCUT2D eigenvalue weighted by atomic mass is 10.2. The monoisotopic (exact) mass is 418 g/mol. The Morgan fingerprint density at radius 2 is 2.14 bits per heavy atom. The maximum atomic E-state index is 12.5. The van der Waals surface area contributed by atoms with Crippen LogP contribution < -0.4 is 10.6 Å². The summed E-state index contributed by atoms with van der Waals surface area (Å²) in [5.41, 5.74) is 2.11. The van der Waals surface area contributed by atoms with Crippen molar-refractivity contribution >= 4 is 45.6 Å². The van der Waals surface area contributed by atoms with E-state index in [1.807, 2.05) is 19.1 Å². The van der Waals surface area contributed by atoms with Gasteiger partial charge in [-0.25, -0.2) is 4.98 Å². The van der Waals surface area contributed by atoms with Crippen LogP contribution >= 0.6 is 22.9 Å². The molecule has 0 aliphatic heterocycles. The molecule has 28 heavy (non-hydrogen) atoms. The largest absolute Gasteiger partial charge is 0.467 e. The van der Waals surface area contributed by atoms with Crippen LogP contribution in [-0.4, -0.2) is 35.3 Å². The first-order chi connectivity index (χ1) is 13.4. The van der Waals surface area contributed by atoms with E-state index in [0.717, 1.165) is 11.3 Å². The van der Waals surface area contributed by atoms with E-state index in [1.54, 1.807) is 30.6 Å². The van der Waals surface area contributed by atoms with E-state index >= 15 is 0 Å². The number of aromatic nitrogens is 1. The molecule has 146 valence electrons. The van der Waals surface area contributed by atoms with Gasteiger partial charge in [0, 0.05) is 23.1 Å². The Kier molecular flexibility index (Phi) is 6.33. The number of carbonyl (C=O) groups is 2. The number of hydrogen-bond acceptors (Lipinski definition) is 6. The Labute approximate surface area is 171 Å². The number of benzene rings is 1. The Bertz CT molecular complexity index is 971. The van der Waals surface area contributed by atoms with Gasteiger partial charge >= 0.3 is 0 Å². The van der Waals surface area contributed by atoms with Gasteiger partial charge in [-0.05, 0) is 36.8 Å². The van der Waals surface area contributed by atoms with Gasteiger partial charge in [-0.2, -0.15) is 0 Å². The van der Waals surface area contributed by atoms with Crippen LogP contribution in [0.15, 0.2) is 46.4 Å².